The van der Waals surface area contributed by atoms with Crippen LogP contribution in [0.3, 0.4) is 0 Å². The van der Waals surface area contributed by atoms with Gasteiger partial charge >= 0.3 is 0 Å². The molecule has 2 rings (SSSR count). The Labute approximate surface area is 88.9 Å². The van der Waals surface area contributed by atoms with Gasteiger partial charge in [-0.25, -0.2) is 0 Å². The SMILES string of the molecule is OCc1cccc(CO[C@H]2CCOC2)n1. The average Bonchev–Trinajstić information content (AvgIpc) is 2.79. The van der Waals surface area contributed by atoms with Gasteiger partial charge in [-0.3, -0.25) is 4.98 Å². The minimum atomic E-state index is -0.0274. The van der Waals surface area contributed by atoms with Crippen molar-refractivity contribution >= 4 is 0 Å². The van der Waals surface area contributed by atoms with E-state index in [2.05, 4.69) is 4.98 Å². The van der Waals surface area contributed by atoms with E-state index in [-0.39, 0.29) is 12.7 Å². The molecule has 1 saturated heterocycles. The second-order valence-corrected chi connectivity index (χ2v) is 3.57. The first-order valence-electron chi connectivity index (χ1n) is 5.13. The molecule has 1 N–H and O–H groups in total. The molecule has 0 unspecified atom stereocenters. The molecule has 0 spiro atoms. The van der Waals surface area contributed by atoms with Gasteiger partial charge in [0.1, 0.15) is 0 Å². The maximum Gasteiger partial charge on any atom is 0.0892 e. The monoisotopic (exact) mass is 209 g/mol. The van der Waals surface area contributed by atoms with E-state index in [1.165, 1.54) is 0 Å². The van der Waals surface area contributed by atoms with Crippen LogP contribution in [0.4, 0.5) is 0 Å². The second kappa shape index (κ2) is 5.21. The summed E-state index contributed by atoms with van der Waals surface area (Å²) in [6, 6.07) is 5.57. The lowest BCUT2D eigenvalue weighted by Crippen LogP contribution is -2.12. The molecule has 4 heteroatoms. The van der Waals surface area contributed by atoms with Crippen LogP contribution < -0.4 is 0 Å². The van der Waals surface area contributed by atoms with E-state index in [1.54, 1.807) is 6.07 Å². The van der Waals surface area contributed by atoms with Gasteiger partial charge in [-0.2, -0.15) is 0 Å². The van der Waals surface area contributed by atoms with Gasteiger partial charge in [0.25, 0.3) is 0 Å². The predicted molar refractivity (Wildman–Crippen MR) is 54.2 cm³/mol. The fraction of sp³-hybridized carbons (Fsp3) is 0.545. The fourth-order valence-corrected chi connectivity index (χ4v) is 1.55. The number of ether oxygens (including phenoxy) is 2. The molecule has 1 aliphatic rings. The molecule has 0 aliphatic carbocycles. The zero-order valence-electron chi connectivity index (χ0n) is 8.56. The van der Waals surface area contributed by atoms with Crippen LogP contribution >= 0.6 is 0 Å². The molecule has 0 aromatic carbocycles. The highest BCUT2D eigenvalue weighted by atomic mass is 16.5. The summed E-state index contributed by atoms with van der Waals surface area (Å²) in [5.74, 6) is 0. The molecule has 1 atom stereocenters. The van der Waals surface area contributed by atoms with Gasteiger partial charge in [-0.05, 0) is 18.6 Å². The first kappa shape index (κ1) is 10.5. The van der Waals surface area contributed by atoms with Crippen molar-refractivity contribution in [2.24, 2.45) is 0 Å². The van der Waals surface area contributed by atoms with E-state index >= 15 is 0 Å². The van der Waals surface area contributed by atoms with Gasteiger partial charge in [0.2, 0.25) is 0 Å². The molecule has 15 heavy (non-hydrogen) atoms. The van der Waals surface area contributed by atoms with Crippen LogP contribution in [0.5, 0.6) is 0 Å². The maximum absolute atomic E-state index is 8.92. The smallest absolute Gasteiger partial charge is 0.0892 e. The number of aromatic nitrogens is 1. The van der Waals surface area contributed by atoms with E-state index in [1.807, 2.05) is 12.1 Å². The Balaban J connectivity index is 1.86. The molecule has 2 heterocycles. The van der Waals surface area contributed by atoms with Gasteiger partial charge in [0.15, 0.2) is 0 Å². The van der Waals surface area contributed by atoms with Gasteiger partial charge < -0.3 is 14.6 Å². The van der Waals surface area contributed by atoms with Crippen molar-refractivity contribution < 1.29 is 14.6 Å². The van der Waals surface area contributed by atoms with Crippen LogP contribution in [0.2, 0.25) is 0 Å². The number of pyridine rings is 1. The fourth-order valence-electron chi connectivity index (χ4n) is 1.55. The summed E-state index contributed by atoms with van der Waals surface area (Å²) in [5, 5.41) is 8.92. The number of aliphatic hydroxyl groups excluding tert-OH is 1. The van der Waals surface area contributed by atoms with Gasteiger partial charge in [0, 0.05) is 6.61 Å². The van der Waals surface area contributed by atoms with Gasteiger partial charge in [-0.1, -0.05) is 6.07 Å². The summed E-state index contributed by atoms with van der Waals surface area (Å²) < 4.78 is 10.8. The third kappa shape index (κ3) is 2.99. The Bertz CT molecular complexity index is 310. The summed E-state index contributed by atoms with van der Waals surface area (Å²) in [6.45, 7) is 1.93. The molecule has 4 nitrogen and oxygen atoms in total. The van der Waals surface area contributed by atoms with Crippen molar-refractivity contribution in [2.45, 2.75) is 25.7 Å². The van der Waals surface area contributed by atoms with Crippen molar-refractivity contribution in [3.63, 3.8) is 0 Å². The van der Waals surface area contributed by atoms with Crippen molar-refractivity contribution in [1.82, 2.24) is 4.98 Å². The largest absolute Gasteiger partial charge is 0.390 e. The zero-order valence-corrected chi connectivity index (χ0v) is 8.56. The highest BCUT2D eigenvalue weighted by Gasteiger charge is 2.15. The van der Waals surface area contributed by atoms with Crippen molar-refractivity contribution in [3.05, 3.63) is 29.6 Å². The first-order chi connectivity index (χ1) is 7.38. The maximum atomic E-state index is 8.92. The Morgan fingerprint density at radius 2 is 2.33 bits per heavy atom. The molecule has 0 radical (unpaired) electrons. The lowest BCUT2D eigenvalue weighted by atomic mass is 10.3. The molecule has 0 bridgehead atoms. The summed E-state index contributed by atoms with van der Waals surface area (Å²) in [5.41, 5.74) is 1.53. The summed E-state index contributed by atoms with van der Waals surface area (Å²) in [6.07, 6.45) is 1.16. The summed E-state index contributed by atoms with van der Waals surface area (Å²) >= 11 is 0. The Hall–Kier alpha value is -0.970. The minimum absolute atomic E-state index is 0.0274. The molecular weight excluding hydrogens is 194 g/mol. The van der Waals surface area contributed by atoms with Crippen molar-refractivity contribution in [3.8, 4) is 0 Å². The standard InChI is InChI=1S/C11H15NO3/c13-6-9-2-1-3-10(12-9)7-15-11-4-5-14-8-11/h1-3,11,13H,4-8H2/t11-/m0/s1. The highest BCUT2D eigenvalue weighted by Crippen LogP contribution is 2.10. The third-order valence-electron chi connectivity index (χ3n) is 2.38. The van der Waals surface area contributed by atoms with Crippen LogP contribution in [0, 0.1) is 0 Å². The average molecular weight is 209 g/mol. The van der Waals surface area contributed by atoms with Crippen LogP contribution in [0.15, 0.2) is 18.2 Å². The zero-order chi connectivity index (χ0) is 10.5. The lowest BCUT2D eigenvalue weighted by molar-refractivity contribution is 0.0300. The van der Waals surface area contributed by atoms with E-state index in [0.29, 0.717) is 18.9 Å². The number of hydrogen-bond donors (Lipinski definition) is 1. The highest BCUT2D eigenvalue weighted by molar-refractivity contribution is 5.09. The number of rotatable bonds is 4. The molecule has 1 aromatic rings. The second-order valence-electron chi connectivity index (χ2n) is 3.57. The van der Waals surface area contributed by atoms with E-state index in [4.69, 9.17) is 14.6 Å². The van der Waals surface area contributed by atoms with Gasteiger partial charge in [-0.15, -0.1) is 0 Å². The number of aliphatic hydroxyl groups is 1. The molecule has 0 amide bonds. The lowest BCUT2D eigenvalue weighted by Gasteiger charge is -2.09. The van der Waals surface area contributed by atoms with E-state index in [9.17, 15) is 0 Å². The molecule has 1 aromatic heterocycles. The van der Waals surface area contributed by atoms with E-state index in [0.717, 1.165) is 18.7 Å². The molecule has 1 fully saturated rings. The summed E-state index contributed by atoms with van der Waals surface area (Å²) in [7, 11) is 0. The first-order valence-corrected chi connectivity index (χ1v) is 5.13. The third-order valence-corrected chi connectivity index (χ3v) is 2.38. The van der Waals surface area contributed by atoms with Crippen LogP contribution in [0.25, 0.3) is 0 Å². The van der Waals surface area contributed by atoms with Crippen molar-refractivity contribution in [2.75, 3.05) is 13.2 Å². The quantitative estimate of drug-likeness (QED) is 0.799. The summed E-state index contributed by atoms with van der Waals surface area (Å²) in [4.78, 5) is 4.24. The van der Waals surface area contributed by atoms with Crippen LogP contribution in [-0.4, -0.2) is 29.4 Å². The molecule has 1 aliphatic heterocycles. The van der Waals surface area contributed by atoms with Crippen LogP contribution in [0.1, 0.15) is 17.8 Å². The minimum Gasteiger partial charge on any atom is -0.390 e. The van der Waals surface area contributed by atoms with Gasteiger partial charge in [0.05, 0.1) is 37.3 Å². The Morgan fingerprint density at radius 3 is 3.07 bits per heavy atom. The Morgan fingerprint density at radius 1 is 1.47 bits per heavy atom. The number of nitrogens with zero attached hydrogens (tertiary/aromatic N) is 1. The van der Waals surface area contributed by atoms with E-state index < -0.39 is 0 Å². The van der Waals surface area contributed by atoms with Crippen LogP contribution in [-0.2, 0) is 22.7 Å². The predicted octanol–water partition coefficient (Wildman–Crippen LogP) is 0.879. The topological polar surface area (TPSA) is 51.6 Å². The normalized spacial score (nSPS) is 20.7. The molecular formula is C11H15NO3. The van der Waals surface area contributed by atoms with Crippen molar-refractivity contribution in [1.29, 1.82) is 0 Å². The number of hydrogen-bond acceptors (Lipinski definition) is 4. The molecule has 0 saturated carbocycles. The Kier molecular flexibility index (Phi) is 3.66. The molecule has 82 valence electrons.